The average Bonchev–Trinajstić information content (AvgIpc) is 1.96. The Balaban J connectivity index is 3.33. The molecule has 6 nitrogen and oxygen atoms in total. The molecule has 0 amide bonds. The van der Waals surface area contributed by atoms with Gasteiger partial charge in [0.15, 0.2) is 0 Å². The molecule has 1 aromatic rings. The van der Waals surface area contributed by atoms with Crippen LogP contribution in [0.1, 0.15) is 11.4 Å². The molecule has 0 unspecified atom stereocenters. The summed E-state index contributed by atoms with van der Waals surface area (Å²) in [5.41, 5.74) is 0.274. The number of nitro groups is 1. The highest BCUT2D eigenvalue weighted by atomic mass is 16.6. The van der Waals surface area contributed by atoms with Gasteiger partial charge in [-0.2, -0.15) is 0 Å². The number of aromatic nitrogens is 2. The van der Waals surface area contributed by atoms with E-state index >= 15 is 0 Å². The number of aryl methyl sites for hydroxylation is 2. The third-order valence-electron chi connectivity index (χ3n) is 1.37. The van der Waals surface area contributed by atoms with E-state index in [1.54, 1.807) is 0 Å². The van der Waals surface area contributed by atoms with Gasteiger partial charge in [0.25, 0.3) is 5.88 Å². The van der Waals surface area contributed by atoms with Gasteiger partial charge in [0, 0.05) is 6.92 Å². The fourth-order valence-electron chi connectivity index (χ4n) is 0.752. The topological polar surface area (TPSA) is 89.2 Å². The molecule has 64 valence electrons. The lowest BCUT2D eigenvalue weighted by atomic mass is 10.4. The molecule has 0 aliphatic rings. The highest BCUT2D eigenvalue weighted by Crippen LogP contribution is 2.17. The van der Waals surface area contributed by atoms with Crippen molar-refractivity contribution in [1.29, 1.82) is 0 Å². The molecule has 1 heterocycles. The molecule has 1 rings (SSSR count). The molecule has 0 aliphatic carbocycles. The van der Waals surface area contributed by atoms with Crippen LogP contribution in [0, 0.1) is 24.0 Å². The summed E-state index contributed by atoms with van der Waals surface area (Å²) in [5.74, 6) is -0.580. The van der Waals surface area contributed by atoms with Crippen molar-refractivity contribution in [3.8, 4) is 5.88 Å². The second kappa shape index (κ2) is 2.72. The first-order valence-corrected chi connectivity index (χ1v) is 3.21. The number of aromatic hydroxyl groups is 1. The zero-order valence-corrected chi connectivity index (χ0v) is 6.61. The molecule has 0 fully saturated rings. The zero-order valence-electron chi connectivity index (χ0n) is 6.61. The van der Waals surface area contributed by atoms with Gasteiger partial charge in [-0.3, -0.25) is 0 Å². The van der Waals surface area contributed by atoms with E-state index in [9.17, 15) is 10.1 Å². The summed E-state index contributed by atoms with van der Waals surface area (Å²) in [4.78, 5) is 16.8. The third kappa shape index (κ3) is 1.31. The van der Waals surface area contributed by atoms with Gasteiger partial charge in [-0.1, -0.05) is 0 Å². The second-order valence-electron chi connectivity index (χ2n) is 2.30. The van der Waals surface area contributed by atoms with E-state index in [0.29, 0.717) is 0 Å². The Morgan fingerprint density at radius 2 is 1.92 bits per heavy atom. The minimum Gasteiger partial charge on any atom is -0.490 e. The highest BCUT2D eigenvalue weighted by Gasteiger charge is 2.17. The first kappa shape index (κ1) is 8.38. The van der Waals surface area contributed by atoms with E-state index in [1.807, 2.05) is 0 Å². The maximum atomic E-state index is 10.3. The minimum atomic E-state index is -0.630. The van der Waals surface area contributed by atoms with E-state index in [4.69, 9.17) is 5.11 Å². The van der Waals surface area contributed by atoms with Crippen molar-refractivity contribution in [2.75, 3.05) is 0 Å². The summed E-state index contributed by atoms with van der Waals surface area (Å²) in [6, 6.07) is 0. The van der Waals surface area contributed by atoms with Gasteiger partial charge >= 0.3 is 5.82 Å². The van der Waals surface area contributed by atoms with Gasteiger partial charge in [0.05, 0.1) is 0 Å². The van der Waals surface area contributed by atoms with Crippen molar-refractivity contribution in [1.82, 2.24) is 9.97 Å². The van der Waals surface area contributed by atoms with E-state index in [0.717, 1.165) is 0 Å². The van der Waals surface area contributed by atoms with Crippen LogP contribution in [0.3, 0.4) is 0 Å². The largest absolute Gasteiger partial charge is 0.490 e. The van der Waals surface area contributed by atoms with Crippen LogP contribution < -0.4 is 0 Å². The van der Waals surface area contributed by atoms with Gasteiger partial charge in [0.1, 0.15) is 5.69 Å². The smallest absolute Gasteiger partial charge is 0.385 e. The zero-order chi connectivity index (χ0) is 9.30. The van der Waals surface area contributed by atoms with Crippen LogP contribution in [0.2, 0.25) is 0 Å². The number of nitrogens with zero attached hydrogens (tertiary/aromatic N) is 3. The molecule has 0 atom stereocenters. The highest BCUT2D eigenvalue weighted by molar-refractivity contribution is 5.30. The van der Waals surface area contributed by atoms with Crippen molar-refractivity contribution < 1.29 is 10.0 Å². The first-order valence-electron chi connectivity index (χ1n) is 3.21. The summed E-state index contributed by atoms with van der Waals surface area (Å²) in [6.07, 6.45) is 0. The maximum Gasteiger partial charge on any atom is 0.385 e. The molecule has 1 N–H and O–H groups in total. The maximum absolute atomic E-state index is 10.3. The normalized spacial score (nSPS) is 9.83. The van der Waals surface area contributed by atoms with Crippen molar-refractivity contribution in [3.63, 3.8) is 0 Å². The summed E-state index contributed by atoms with van der Waals surface area (Å²) in [7, 11) is 0. The predicted octanol–water partition coefficient (Wildman–Crippen LogP) is 0.707. The summed E-state index contributed by atoms with van der Waals surface area (Å²) < 4.78 is 0. The van der Waals surface area contributed by atoms with Gasteiger partial charge < -0.3 is 15.2 Å². The van der Waals surface area contributed by atoms with E-state index in [2.05, 4.69) is 9.97 Å². The number of hydrogen-bond donors (Lipinski definition) is 1. The van der Waals surface area contributed by atoms with Crippen LogP contribution in [0.25, 0.3) is 0 Å². The van der Waals surface area contributed by atoms with Crippen molar-refractivity contribution in [2.45, 2.75) is 13.8 Å². The molecular weight excluding hydrogens is 162 g/mol. The molecule has 0 bridgehead atoms. The number of rotatable bonds is 1. The van der Waals surface area contributed by atoms with Gasteiger partial charge in [-0.25, -0.2) is 4.98 Å². The van der Waals surface area contributed by atoms with Gasteiger partial charge in [0.2, 0.25) is 5.69 Å². The Morgan fingerprint density at radius 3 is 2.42 bits per heavy atom. The third-order valence-corrected chi connectivity index (χ3v) is 1.37. The van der Waals surface area contributed by atoms with Crippen molar-refractivity contribution >= 4 is 5.82 Å². The van der Waals surface area contributed by atoms with Gasteiger partial charge in [-0.05, 0) is 16.8 Å². The molecule has 6 heteroatoms. The first-order chi connectivity index (χ1) is 5.52. The Labute approximate surface area is 68.0 Å². The van der Waals surface area contributed by atoms with Crippen LogP contribution in [-0.2, 0) is 0 Å². The van der Waals surface area contributed by atoms with Crippen LogP contribution in [0.4, 0.5) is 5.82 Å². The molecule has 0 saturated carbocycles. The molecule has 0 spiro atoms. The van der Waals surface area contributed by atoms with Gasteiger partial charge in [-0.15, -0.1) is 0 Å². The molecule has 1 aromatic heterocycles. The lowest BCUT2D eigenvalue weighted by Crippen LogP contribution is -1.99. The fourth-order valence-corrected chi connectivity index (χ4v) is 0.752. The van der Waals surface area contributed by atoms with E-state index < -0.39 is 4.92 Å². The summed E-state index contributed by atoms with van der Waals surface area (Å²) >= 11 is 0. The average molecular weight is 169 g/mol. The van der Waals surface area contributed by atoms with E-state index in [1.165, 1.54) is 13.8 Å². The predicted molar refractivity (Wildman–Crippen MR) is 39.8 cm³/mol. The van der Waals surface area contributed by atoms with Crippen LogP contribution >= 0.6 is 0 Å². The molecule has 0 aliphatic heterocycles. The fraction of sp³-hybridized carbons (Fsp3) is 0.333. The van der Waals surface area contributed by atoms with Crippen molar-refractivity contribution in [3.05, 3.63) is 21.5 Å². The SMILES string of the molecule is Cc1nc([N+](=O)[O-])c(C)nc1O. The lowest BCUT2D eigenvalue weighted by molar-refractivity contribution is -0.390. The Bertz CT molecular complexity index is 337. The number of hydrogen-bond acceptors (Lipinski definition) is 5. The quantitative estimate of drug-likeness (QED) is 0.493. The molecule has 0 saturated heterocycles. The summed E-state index contributed by atoms with van der Waals surface area (Å²) in [5, 5.41) is 19.3. The second-order valence-corrected chi connectivity index (χ2v) is 2.30. The lowest BCUT2D eigenvalue weighted by Gasteiger charge is -1.97. The molecule has 0 radical (unpaired) electrons. The van der Waals surface area contributed by atoms with Crippen molar-refractivity contribution in [2.24, 2.45) is 0 Å². The Morgan fingerprint density at radius 1 is 1.33 bits per heavy atom. The Hall–Kier alpha value is -1.72. The molecule has 0 aromatic carbocycles. The van der Waals surface area contributed by atoms with Crippen LogP contribution in [0.5, 0.6) is 5.88 Å². The molecular formula is C6H7N3O3. The summed E-state index contributed by atoms with van der Waals surface area (Å²) in [6.45, 7) is 2.87. The van der Waals surface area contributed by atoms with Crippen LogP contribution in [0.15, 0.2) is 0 Å². The molecule has 12 heavy (non-hydrogen) atoms. The van der Waals surface area contributed by atoms with E-state index in [-0.39, 0.29) is 23.1 Å². The Kier molecular flexibility index (Phi) is 1.90. The van der Waals surface area contributed by atoms with Crippen LogP contribution in [-0.4, -0.2) is 20.0 Å². The monoisotopic (exact) mass is 169 g/mol. The standard InChI is InChI=1S/C6H7N3O3/c1-3-5(9(11)12)7-4(2)6(10)8-3/h1-2H3,(H,8,10). The minimum absolute atomic E-state index is 0.114.